The average Bonchev–Trinajstić information content (AvgIpc) is 3.50. The Morgan fingerprint density at radius 2 is 1.79 bits per heavy atom. The zero-order valence-electron chi connectivity index (χ0n) is 16.1. The van der Waals surface area contributed by atoms with Gasteiger partial charge in [-0.2, -0.15) is 0 Å². The summed E-state index contributed by atoms with van der Waals surface area (Å²) in [5.74, 6) is 0.817. The molecule has 1 atom stereocenters. The van der Waals surface area contributed by atoms with Crippen molar-refractivity contribution in [1.29, 1.82) is 0 Å². The number of sulfonamides is 1. The fourth-order valence-corrected chi connectivity index (χ4v) is 4.13. The molecule has 8 heteroatoms. The Hall–Kier alpha value is -2.58. The van der Waals surface area contributed by atoms with Crippen LogP contribution in [0.15, 0.2) is 47.4 Å². The SMILES string of the molecule is COc1ccc(C(C)NC(=O)c2cccc(S(=O)(=O)NC3CC3)c2)cc1OC. The largest absolute Gasteiger partial charge is 0.493 e. The van der Waals surface area contributed by atoms with Gasteiger partial charge in [0.05, 0.1) is 25.2 Å². The van der Waals surface area contributed by atoms with E-state index in [1.54, 1.807) is 38.5 Å². The van der Waals surface area contributed by atoms with Crippen LogP contribution in [0.25, 0.3) is 0 Å². The van der Waals surface area contributed by atoms with Gasteiger partial charge in [0, 0.05) is 11.6 Å². The minimum atomic E-state index is -3.61. The number of ether oxygens (including phenoxy) is 2. The molecule has 28 heavy (non-hydrogen) atoms. The smallest absolute Gasteiger partial charge is 0.251 e. The van der Waals surface area contributed by atoms with Crippen LogP contribution in [0.3, 0.4) is 0 Å². The molecule has 0 saturated heterocycles. The molecule has 1 unspecified atom stereocenters. The van der Waals surface area contributed by atoms with Crippen molar-refractivity contribution in [3.63, 3.8) is 0 Å². The van der Waals surface area contributed by atoms with Crippen LogP contribution in [0, 0.1) is 0 Å². The number of carbonyl (C=O) groups excluding carboxylic acids is 1. The molecular weight excluding hydrogens is 380 g/mol. The first-order valence-corrected chi connectivity index (χ1v) is 10.5. The molecule has 0 bridgehead atoms. The third-order valence-electron chi connectivity index (χ3n) is 4.56. The Balaban J connectivity index is 1.75. The molecule has 1 saturated carbocycles. The first-order valence-electron chi connectivity index (χ1n) is 8.99. The summed E-state index contributed by atoms with van der Waals surface area (Å²) in [7, 11) is -0.505. The highest BCUT2D eigenvalue weighted by Gasteiger charge is 2.28. The highest BCUT2D eigenvalue weighted by Crippen LogP contribution is 2.30. The minimum absolute atomic E-state index is 0.00700. The lowest BCUT2D eigenvalue weighted by Gasteiger charge is -2.17. The van der Waals surface area contributed by atoms with E-state index in [9.17, 15) is 13.2 Å². The second-order valence-electron chi connectivity index (χ2n) is 6.73. The Kier molecular flexibility index (Phi) is 5.90. The summed E-state index contributed by atoms with van der Waals surface area (Å²) in [6.07, 6.45) is 1.70. The van der Waals surface area contributed by atoms with Gasteiger partial charge in [-0.15, -0.1) is 0 Å². The van der Waals surface area contributed by atoms with Crippen molar-refractivity contribution in [2.24, 2.45) is 0 Å². The molecule has 2 aromatic carbocycles. The van der Waals surface area contributed by atoms with Gasteiger partial charge in [-0.3, -0.25) is 4.79 Å². The normalized spacial score (nSPS) is 15.0. The van der Waals surface area contributed by atoms with Gasteiger partial charge in [0.15, 0.2) is 11.5 Å². The molecular formula is C20H24N2O5S. The van der Waals surface area contributed by atoms with Crippen molar-refractivity contribution in [2.45, 2.75) is 36.7 Å². The van der Waals surface area contributed by atoms with E-state index in [0.717, 1.165) is 18.4 Å². The lowest BCUT2D eigenvalue weighted by atomic mass is 10.1. The monoisotopic (exact) mass is 404 g/mol. The second kappa shape index (κ2) is 8.20. The maximum absolute atomic E-state index is 12.6. The molecule has 0 radical (unpaired) electrons. The first-order chi connectivity index (χ1) is 13.3. The fraction of sp³-hybridized carbons (Fsp3) is 0.350. The van der Waals surface area contributed by atoms with Crippen LogP contribution in [0.1, 0.15) is 41.7 Å². The number of hydrogen-bond acceptors (Lipinski definition) is 5. The van der Waals surface area contributed by atoms with E-state index < -0.39 is 10.0 Å². The average molecular weight is 404 g/mol. The topological polar surface area (TPSA) is 93.7 Å². The summed E-state index contributed by atoms with van der Waals surface area (Å²) in [4.78, 5) is 12.7. The van der Waals surface area contributed by atoms with Crippen molar-refractivity contribution < 1.29 is 22.7 Å². The number of benzene rings is 2. The van der Waals surface area contributed by atoms with Crippen LogP contribution < -0.4 is 19.5 Å². The molecule has 0 spiro atoms. The van der Waals surface area contributed by atoms with Crippen LogP contribution in [-0.4, -0.2) is 34.6 Å². The quantitative estimate of drug-likeness (QED) is 0.705. The molecule has 0 heterocycles. The van der Waals surface area contributed by atoms with Crippen molar-refractivity contribution in [2.75, 3.05) is 14.2 Å². The lowest BCUT2D eigenvalue weighted by molar-refractivity contribution is 0.0939. The van der Waals surface area contributed by atoms with Crippen LogP contribution in [-0.2, 0) is 10.0 Å². The number of carbonyl (C=O) groups is 1. The van der Waals surface area contributed by atoms with E-state index >= 15 is 0 Å². The van der Waals surface area contributed by atoms with Crippen molar-refractivity contribution in [3.05, 3.63) is 53.6 Å². The number of rotatable bonds is 8. The van der Waals surface area contributed by atoms with Gasteiger partial charge in [-0.25, -0.2) is 13.1 Å². The maximum Gasteiger partial charge on any atom is 0.251 e. The molecule has 1 amide bonds. The predicted octanol–water partition coefficient (Wildman–Crippen LogP) is 2.64. The fourth-order valence-electron chi connectivity index (χ4n) is 2.78. The summed E-state index contributed by atoms with van der Waals surface area (Å²) in [6.45, 7) is 1.84. The number of amides is 1. The van der Waals surface area contributed by atoms with Gasteiger partial charge >= 0.3 is 0 Å². The van der Waals surface area contributed by atoms with Crippen molar-refractivity contribution in [3.8, 4) is 11.5 Å². The van der Waals surface area contributed by atoms with E-state index in [-0.39, 0.29) is 28.4 Å². The summed E-state index contributed by atoms with van der Waals surface area (Å²) in [5, 5.41) is 2.88. The summed E-state index contributed by atoms with van der Waals surface area (Å²) in [5.41, 5.74) is 1.12. The van der Waals surface area contributed by atoms with E-state index in [1.807, 2.05) is 13.0 Å². The molecule has 1 fully saturated rings. The minimum Gasteiger partial charge on any atom is -0.493 e. The van der Waals surface area contributed by atoms with E-state index in [4.69, 9.17) is 9.47 Å². The van der Waals surface area contributed by atoms with Crippen LogP contribution in [0.2, 0.25) is 0 Å². The zero-order valence-corrected chi connectivity index (χ0v) is 16.9. The lowest BCUT2D eigenvalue weighted by Crippen LogP contribution is -2.28. The van der Waals surface area contributed by atoms with Crippen LogP contribution >= 0.6 is 0 Å². The van der Waals surface area contributed by atoms with Gasteiger partial charge in [0.25, 0.3) is 5.91 Å². The van der Waals surface area contributed by atoms with Crippen molar-refractivity contribution in [1.82, 2.24) is 10.0 Å². The molecule has 150 valence electrons. The third kappa shape index (κ3) is 4.63. The summed E-state index contributed by atoms with van der Waals surface area (Å²) >= 11 is 0. The van der Waals surface area contributed by atoms with Gasteiger partial charge in [0.1, 0.15) is 0 Å². The van der Waals surface area contributed by atoms with Gasteiger partial charge in [-0.05, 0) is 55.7 Å². The highest BCUT2D eigenvalue weighted by molar-refractivity contribution is 7.89. The third-order valence-corrected chi connectivity index (χ3v) is 6.08. The Bertz CT molecular complexity index is 970. The van der Waals surface area contributed by atoms with Crippen LogP contribution in [0.5, 0.6) is 11.5 Å². The molecule has 1 aliphatic rings. The van der Waals surface area contributed by atoms with Crippen molar-refractivity contribution >= 4 is 15.9 Å². The molecule has 1 aliphatic carbocycles. The number of methoxy groups -OCH3 is 2. The first kappa shape index (κ1) is 20.2. The van der Waals surface area contributed by atoms with E-state index in [0.29, 0.717) is 11.5 Å². The number of nitrogens with one attached hydrogen (secondary N) is 2. The Morgan fingerprint density at radius 1 is 1.07 bits per heavy atom. The molecule has 3 rings (SSSR count). The van der Waals surface area contributed by atoms with Gasteiger partial charge < -0.3 is 14.8 Å². The molecule has 0 aliphatic heterocycles. The van der Waals surface area contributed by atoms with Gasteiger partial charge in [-0.1, -0.05) is 12.1 Å². The standard InChI is InChI=1S/C20H24N2O5S/c1-13(14-7-10-18(26-2)19(12-14)27-3)21-20(23)15-5-4-6-17(11-15)28(24,25)22-16-8-9-16/h4-7,10-13,16,22H,8-9H2,1-3H3,(H,21,23). The second-order valence-corrected chi connectivity index (χ2v) is 8.45. The molecule has 7 nitrogen and oxygen atoms in total. The molecule has 2 aromatic rings. The van der Waals surface area contributed by atoms with E-state index in [2.05, 4.69) is 10.0 Å². The predicted molar refractivity (Wildman–Crippen MR) is 105 cm³/mol. The summed E-state index contributed by atoms with van der Waals surface area (Å²) < 4.78 is 37.9. The van der Waals surface area contributed by atoms with Crippen LogP contribution in [0.4, 0.5) is 0 Å². The number of hydrogen-bond donors (Lipinski definition) is 2. The molecule has 2 N–H and O–H groups in total. The highest BCUT2D eigenvalue weighted by atomic mass is 32.2. The van der Waals surface area contributed by atoms with E-state index in [1.165, 1.54) is 12.1 Å². The van der Waals surface area contributed by atoms with Gasteiger partial charge in [0.2, 0.25) is 10.0 Å². The molecule has 0 aromatic heterocycles. The maximum atomic E-state index is 12.6. The Morgan fingerprint density at radius 3 is 2.43 bits per heavy atom. The zero-order chi connectivity index (χ0) is 20.3. The Labute approximate surface area is 165 Å². The summed E-state index contributed by atoms with van der Waals surface area (Å²) in [6, 6.07) is 11.1.